The lowest BCUT2D eigenvalue weighted by molar-refractivity contribution is 0.0147. The van der Waals surface area contributed by atoms with Gasteiger partial charge in [-0.3, -0.25) is 15.1 Å². The third-order valence-corrected chi connectivity index (χ3v) is 11.1. The number of piperidine rings is 2. The van der Waals surface area contributed by atoms with Gasteiger partial charge < -0.3 is 19.8 Å². The molecule has 5 aromatic rings. The van der Waals surface area contributed by atoms with E-state index in [0.29, 0.717) is 10.7 Å². The van der Waals surface area contributed by atoms with Crippen LogP contribution in [0.1, 0.15) is 75.9 Å². The summed E-state index contributed by atoms with van der Waals surface area (Å²) in [6.07, 6.45) is 9.10. The highest BCUT2D eigenvalue weighted by Crippen LogP contribution is 2.45. The van der Waals surface area contributed by atoms with E-state index in [4.69, 9.17) is 26.1 Å². The first-order chi connectivity index (χ1) is 28.3. The fourth-order valence-corrected chi connectivity index (χ4v) is 8.23. The summed E-state index contributed by atoms with van der Waals surface area (Å²) in [5.41, 5.74) is 4.29. The number of hydrogen-bond acceptors (Lipinski definition) is 10. The van der Waals surface area contributed by atoms with Gasteiger partial charge in [0.25, 0.3) is 0 Å². The number of ether oxygens (including phenoxy) is 2. The van der Waals surface area contributed by atoms with Crippen LogP contribution in [-0.4, -0.2) is 103 Å². The molecule has 14 nitrogen and oxygen atoms in total. The molecule has 0 radical (unpaired) electrons. The molecule has 0 spiro atoms. The van der Waals surface area contributed by atoms with Crippen LogP contribution in [0.3, 0.4) is 0 Å². The monoisotopic (exact) mass is 824 g/mol. The van der Waals surface area contributed by atoms with E-state index < -0.39 is 17.8 Å². The lowest BCUT2D eigenvalue weighted by Gasteiger charge is -2.50. The van der Waals surface area contributed by atoms with Gasteiger partial charge >= 0.3 is 12.2 Å². The zero-order chi connectivity index (χ0) is 41.7. The van der Waals surface area contributed by atoms with Crippen LogP contribution in [0.15, 0.2) is 85.3 Å². The van der Waals surface area contributed by atoms with Crippen molar-refractivity contribution in [2.24, 2.45) is 0 Å². The largest absolute Gasteiger partial charge is 0.453 e. The van der Waals surface area contributed by atoms with Gasteiger partial charge in [0.05, 0.1) is 24.5 Å². The van der Waals surface area contributed by atoms with Gasteiger partial charge in [0, 0.05) is 71.7 Å². The van der Waals surface area contributed by atoms with Gasteiger partial charge in [-0.2, -0.15) is 4.68 Å². The fraction of sp³-hybridized carbons (Fsp3) is 0.395. The van der Waals surface area contributed by atoms with Crippen LogP contribution in [0.2, 0.25) is 5.02 Å². The Hall–Kier alpha value is -5.64. The van der Waals surface area contributed by atoms with E-state index in [-0.39, 0.29) is 35.9 Å². The molecule has 2 amide bonds. The van der Waals surface area contributed by atoms with Gasteiger partial charge in [-0.1, -0.05) is 48.0 Å². The van der Waals surface area contributed by atoms with Crippen molar-refractivity contribution in [2.75, 3.05) is 32.1 Å². The number of aromatic nitrogens is 6. The molecule has 2 saturated heterocycles. The number of methoxy groups -OCH3 is 1. The summed E-state index contributed by atoms with van der Waals surface area (Å²) in [7, 11) is 1.32. The number of alkyl carbamates (subject to hydrolysis) is 1. The topological polar surface area (TPSA) is 155 Å². The summed E-state index contributed by atoms with van der Waals surface area (Å²) in [4.78, 5) is 38.1. The van der Waals surface area contributed by atoms with Crippen molar-refractivity contribution in [3.63, 3.8) is 0 Å². The molecule has 2 aromatic heterocycles. The van der Waals surface area contributed by atoms with Crippen molar-refractivity contribution in [3.05, 3.63) is 113 Å². The predicted octanol–water partition coefficient (Wildman–Crippen LogP) is 8.01. The SMILES string of the molecule is COC(=O)Nc1ccc(-c2c[nH]c(C3C(c4ccc(F)cc4)CC(N4CCC(NC(=O)OC(C)(C)C)CC4)CN3C(C)/C=C/c3cc(Cl)ccc3-n3cnnn3)n2)cc1. The maximum atomic E-state index is 14.5. The number of carbonyl (C=O) groups excluding carboxylic acids is 2. The molecule has 0 bridgehead atoms. The first-order valence-corrected chi connectivity index (χ1v) is 20.2. The van der Waals surface area contributed by atoms with Gasteiger partial charge in [-0.05, 0) is 105 Å². The highest BCUT2D eigenvalue weighted by Gasteiger charge is 2.43. The van der Waals surface area contributed by atoms with Crippen LogP contribution < -0.4 is 10.6 Å². The lowest BCUT2D eigenvalue weighted by Crippen LogP contribution is -2.56. The first kappa shape index (κ1) is 41.5. The molecule has 3 aromatic carbocycles. The molecule has 0 aliphatic carbocycles. The minimum absolute atomic E-state index is 0.0160. The third-order valence-electron chi connectivity index (χ3n) is 10.9. The normalized spacial score (nSPS) is 20.0. The Morgan fingerprint density at radius 1 is 1.03 bits per heavy atom. The van der Waals surface area contributed by atoms with E-state index in [1.54, 1.807) is 23.1 Å². The Balaban J connectivity index is 1.22. The fourth-order valence-electron chi connectivity index (χ4n) is 8.05. The Morgan fingerprint density at radius 2 is 1.78 bits per heavy atom. The molecule has 2 fully saturated rings. The number of rotatable bonds is 10. The molecule has 4 unspecified atom stereocenters. The molecule has 59 heavy (non-hydrogen) atoms. The number of likely N-dealkylation sites (tertiary alicyclic amines) is 2. The van der Waals surface area contributed by atoms with E-state index in [1.807, 2.05) is 75.5 Å². The van der Waals surface area contributed by atoms with Crippen LogP contribution in [0.5, 0.6) is 0 Å². The number of carbonyl (C=O) groups is 2. The number of halogens is 2. The van der Waals surface area contributed by atoms with E-state index in [9.17, 15) is 14.0 Å². The summed E-state index contributed by atoms with van der Waals surface area (Å²) in [5, 5.41) is 18.1. The molecular weight excluding hydrogens is 775 g/mol. The zero-order valence-electron chi connectivity index (χ0n) is 33.8. The Labute approximate surface area is 348 Å². The molecule has 4 heterocycles. The second kappa shape index (κ2) is 18.1. The van der Waals surface area contributed by atoms with E-state index in [0.717, 1.165) is 72.8 Å². The highest BCUT2D eigenvalue weighted by molar-refractivity contribution is 6.30. The number of tetrazole rings is 1. The molecule has 0 saturated carbocycles. The van der Waals surface area contributed by atoms with Crippen LogP contribution in [0.25, 0.3) is 23.0 Å². The van der Waals surface area contributed by atoms with Crippen molar-refractivity contribution in [2.45, 2.75) is 82.6 Å². The molecule has 3 N–H and O–H groups in total. The van der Waals surface area contributed by atoms with Gasteiger partial charge in [-0.15, -0.1) is 5.10 Å². The van der Waals surface area contributed by atoms with Gasteiger partial charge in [0.2, 0.25) is 0 Å². The summed E-state index contributed by atoms with van der Waals surface area (Å²) in [6, 6.07) is 19.6. The molecule has 2 aliphatic rings. The molecule has 4 atom stereocenters. The van der Waals surface area contributed by atoms with Crippen LogP contribution in [0, 0.1) is 5.82 Å². The summed E-state index contributed by atoms with van der Waals surface area (Å²) in [5.74, 6) is 0.411. The van der Waals surface area contributed by atoms with Crippen molar-refractivity contribution in [3.8, 4) is 16.9 Å². The molecule has 310 valence electrons. The molecule has 2 aliphatic heterocycles. The van der Waals surface area contributed by atoms with E-state index in [2.05, 4.69) is 53.9 Å². The number of H-pyrrole nitrogens is 1. The van der Waals surface area contributed by atoms with E-state index >= 15 is 0 Å². The smallest absolute Gasteiger partial charge is 0.411 e. The van der Waals surface area contributed by atoms with Gasteiger partial charge in [0.1, 0.15) is 23.6 Å². The standard InChI is InChI=1S/C43H50ClFN10O4/c1-27(6-7-30-22-31(44)12-17-38(30)55-26-47-51-52-55)54-25-35(53-20-18-34(19-21-53)49-42(57)59-43(2,3)4)23-36(28-8-13-32(45)14-9-28)39(54)40-46-24-37(50-40)29-10-15-33(16-11-29)48-41(56)58-5/h6-17,22,24,26-27,34-36,39H,18-21,23,25H2,1-5H3,(H,46,50)(H,48,56)(H,49,57)/b7-6+. The minimum Gasteiger partial charge on any atom is -0.453 e. The number of imidazole rings is 1. The van der Waals surface area contributed by atoms with Crippen molar-refractivity contribution >= 4 is 35.6 Å². The molecule has 16 heteroatoms. The summed E-state index contributed by atoms with van der Waals surface area (Å²) in [6.45, 7) is 10.1. The second-order valence-corrected chi connectivity index (χ2v) is 16.5. The van der Waals surface area contributed by atoms with Crippen molar-refractivity contribution in [1.29, 1.82) is 0 Å². The van der Waals surface area contributed by atoms with Gasteiger partial charge in [0.15, 0.2) is 0 Å². The number of anilines is 1. The van der Waals surface area contributed by atoms with Crippen LogP contribution in [0.4, 0.5) is 19.7 Å². The first-order valence-electron chi connectivity index (χ1n) is 19.8. The number of amides is 2. The van der Waals surface area contributed by atoms with Crippen LogP contribution in [-0.2, 0) is 9.47 Å². The number of hydrogen-bond donors (Lipinski definition) is 3. The average Bonchev–Trinajstić information content (AvgIpc) is 3.94. The summed E-state index contributed by atoms with van der Waals surface area (Å²) < 4.78 is 26.3. The Kier molecular flexibility index (Phi) is 12.7. The average molecular weight is 825 g/mol. The molecular formula is C43H50ClFN10O4. The quantitative estimate of drug-likeness (QED) is 0.126. The molecule has 7 rings (SSSR count). The zero-order valence-corrected chi connectivity index (χ0v) is 34.6. The third kappa shape index (κ3) is 10.3. The maximum Gasteiger partial charge on any atom is 0.411 e. The lowest BCUT2D eigenvalue weighted by atomic mass is 9.79. The summed E-state index contributed by atoms with van der Waals surface area (Å²) >= 11 is 6.50. The Morgan fingerprint density at radius 3 is 2.46 bits per heavy atom. The predicted molar refractivity (Wildman–Crippen MR) is 224 cm³/mol. The minimum atomic E-state index is -0.572. The van der Waals surface area contributed by atoms with Crippen molar-refractivity contribution in [1.82, 2.24) is 45.3 Å². The number of nitrogens with zero attached hydrogens (tertiary/aromatic N) is 7. The Bertz CT molecular complexity index is 2220. The maximum absolute atomic E-state index is 14.5. The van der Waals surface area contributed by atoms with E-state index in [1.165, 1.54) is 19.2 Å². The van der Waals surface area contributed by atoms with Gasteiger partial charge in [-0.25, -0.2) is 19.0 Å². The number of nitrogens with one attached hydrogen (secondary N) is 3. The number of benzene rings is 3. The van der Waals surface area contributed by atoms with Crippen molar-refractivity contribution < 1.29 is 23.5 Å². The van der Waals surface area contributed by atoms with Crippen LogP contribution >= 0.6 is 11.6 Å². The second-order valence-electron chi connectivity index (χ2n) is 16.1. The highest BCUT2D eigenvalue weighted by atomic mass is 35.5. The number of aromatic amines is 1.